The van der Waals surface area contributed by atoms with Crippen LogP contribution in [0.4, 0.5) is 5.82 Å². The number of hydrogen-bond acceptors (Lipinski definition) is 10. The number of oxazole rings is 1. The molecule has 0 aromatic carbocycles. The van der Waals surface area contributed by atoms with Crippen LogP contribution in [0.3, 0.4) is 0 Å². The first-order chi connectivity index (χ1) is 15.0. The Balaban J connectivity index is 1.40. The standard InChI is InChI=1S/C20H26N6O5/c1-2-12-7-21-19(30-12)16-14(28)15(29)20(31-16)26-9-24-13-17(22-8-23-18(13)26)25-10-3-5-11(27)6-4-10/h7-11,14-16,20,27-29H,2-6H2,1H3,(H,22,23,25)/t10-,11-,14-,15+,16-,20+/m0/s1. The summed E-state index contributed by atoms with van der Waals surface area (Å²) < 4.78 is 13.1. The second-order valence-electron chi connectivity index (χ2n) is 8.14. The van der Waals surface area contributed by atoms with Crippen molar-refractivity contribution in [2.45, 2.75) is 75.7 Å². The van der Waals surface area contributed by atoms with Crippen molar-refractivity contribution in [1.82, 2.24) is 24.5 Å². The Bertz CT molecular complexity index is 1050. The summed E-state index contributed by atoms with van der Waals surface area (Å²) in [5.41, 5.74) is 1.03. The summed E-state index contributed by atoms with van der Waals surface area (Å²) >= 11 is 0. The molecule has 2 fully saturated rings. The molecule has 5 rings (SSSR count). The first-order valence-corrected chi connectivity index (χ1v) is 10.6. The zero-order chi connectivity index (χ0) is 21.5. The van der Waals surface area contributed by atoms with E-state index in [0.717, 1.165) is 25.7 Å². The number of nitrogens with zero attached hydrogens (tertiary/aromatic N) is 5. The van der Waals surface area contributed by atoms with Gasteiger partial charge in [-0.15, -0.1) is 0 Å². The molecule has 4 atom stereocenters. The molecular weight excluding hydrogens is 404 g/mol. The van der Waals surface area contributed by atoms with Crippen molar-refractivity contribution in [2.75, 3.05) is 5.32 Å². The fraction of sp³-hybridized carbons (Fsp3) is 0.600. The van der Waals surface area contributed by atoms with Crippen molar-refractivity contribution in [3.05, 3.63) is 30.5 Å². The summed E-state index contributed by atoms with van der Waals surface area (Å²) in [6.07, 6.45) is 3.94. The van der Waals surface area contributed by atoms with Crippen molar-refractivity contribution in [2.24, 2.45) is 0 Å². The highest BCUT2D eigenvalue weighted by atomic mass is 16.6. The lowest BCUT2D eigenvalue weighted by atomic mass is 9.93. The third kappa shape index (κ3) is 3.67. The van der Waals surface area contributed by atoms with Crippen molar-refractivity contribution in [3.8, 4) is 0 Å². The van der Waals surface area contributed by atoms with E-state index in [0.29, 0.717) is 29.2 Å². The molecule has 0 amide bonds. The molecular formula is C20H26N6O5. The summed E-state index contributed by atoms with van der Waals surface area (Å²) in [6, 6.07) is 0.198. The minimum absolute atomic E-state index is 0.198. The third-order valence-corrected chi connectivity index (χ3v) is 6.07. The molecule has 11 nitrogen and oxygen atoms in total. The first-order valence-electron chi connectivity index (χ1n) is 10.6. The topological polar surface area (TPSA) is 152 Å². The Morgan fingerprint density at radius 3 is 2.61 bits per heavy atom. The maximum Gasteiger partial charge on any atom is 0.226 e. The van der Waals surface area contributed by atoms with Crippen molar-refractivity contribution < 1.29 is 24.5 Å². The van der Waals surface area contributed by atoms with E-state index in [2.05, 4.69) is 25.3 Å². The van der Waals surface area contributed by atoms with Crippen LogP contribution >= 0.6 is 0 Å². The molecule has 0 radical (unpaired) electrons. The van der Waals surface area contributed by atoms with Crippen LogP contribution in [0.1, 0.15) is 56.6 Å². The van der Waals surface area contributed by atoms with Crippen LogP contribution in [0.15, 0.2) is 23.3 Å². The molecule has 1 saturated carbocycles. The molecule has 3 aromatic heterocycles. The van der Waals surface area contributed by atoms with Gasteiger partial charge in [-0.2, -0.15) is 0 Å². The molecule has 1 saturated heterocycles. The first kappa shape index (κ1) is 20.3. The highest BCUT2D eigenvalue weighted by molar-refractivity contribution is 5.82. The van der Waals surface area contributed by atoms with Crippen molar-refractivity contribution in [3.63, 3.8) is 0 Å². The molecule has 0 spiro atoms. The fourth-order valence-electron chi connectivity index (χ4n) is 4.27. The lowest BCUT2D eigenvalue weighted by Crippen LogP contribution is -2.29. The SMILES string of the molecule is CCc1cnc([C@H]2O[C@@H](n3cnc4c(N[C@H]5CC[C@H](O)CC5)ncnc43)[C@H](O)[C@@H]2O)o1. The van der Waals surface area contributed by atoms with Crippen LogP contribution in [0.25, 0.3) is 11.2 Å². The Kier molecular flexibility index (Phi) is 5.34. The van der Waals surface area contributed by atoms with Gasteiger partial charge in [-0.1, -0.05) is 6.92 Å². The monoisotopic (exact) mass is 430 g/mol. The van der Waals surface area contributed by atoms with Gasteiger partial charge in [0.2, 0.25) is 5.89 Å². The fourth-order valence-corrected chi connectivity index (χ4v) is 4.27. The average molecular weight is 430 g/mol. The molecule has 4 N–H and O–H groups in total. The van der Waals surface area contributed by atoms with Crippen LogP contribution in [-0.4, -0.2) is 64.2 Å². The highest BCUT2D eigenvalue weighted by Gasteiger charge is 2.47. The number of rotatable bonds is 5. The van der Waals surface area contributed by atoms with E-state index in [4.69, 9.17) is 9.15 Å². The summed E-state index contributed by atoms with van der Waals surface area (Å²) in [4.78, 5) is 17.3. The van der Waals surface area contributed by atoms with Crippen LogP contribution in [0.2, 0.25) is 0 Å². The number of aliphatic hydroxyl groups excluding tert-OH is 3. The third-order valence-electron chi connectivity index (χ3n) is 6.07. The number of anilines is 1. The molecule has 1 aliphatic heterocycles. The summed E-state index contributed by atoms with van der Waals surface area (Å²) in [5, 5.41) is 34.3. The van der Waals surface area contributed by atoms with Crippen LogP contribution < -0.4 is 5.32 Å². The van der Waals surface area contributed by atoms with Gasteiger partial charge in [0.25, 0.3) is 0 Å². The summed E-state index contributed by atoms with van der Waals surface area (Å²) in [5.74, 6) is 1.50. The van der Waals surface area contributed by atoms with Gasteiger partial charge < -0.3 is 29.8 Å². The number of fused-ring (bicyclic) bond motifs is 1. The van der Waals surface area contributed by atoms with Crippen LogP contribution in [-0.2, 0) is 11.2 Å². The second-order valence-corrected chi connectivity index (χ2v) is 8.14. The predicted octanol–water partition coefficient (Wildman–Crippen LogP) is 1.08. The molecule has 11 heteroatoms. The number of aromatic nitrogens is 5. The average Bonchev–Trinajstić information content (AvgIpc) is 3.49. The molecule has 0 bridgehead atoms. The molecule has 31 heavy (non-hydrogen) atoms. The van der Waals surface area contributed by atoms with Crippen LogP contribution in [0, 0.1) is 0 Å². The van der Waals surface area contributed by atoms with E-state index in [1.54, 1.807) is 10.8 Å². The van der Waals surface area contributed by atoms with E-state index < -0.39 is 24.5 Å². The minimum Gasteiger partial charge on any atom is -0.443 e. The largest absolute Gasteiger partial charge is 0.443 e. The molecule has 1 aliphatic carbocycles. The van der Waals surface area contributed by atoms with Crippen molar-refractivity contribution in [1.29, 1.82) is 0 Å². The second kappa shape index (κ2) is 8.15. The van der Waals surface area contributed by atoms with E-state index >= 15 is 0 Å². The smallest absolute Gasteiger partial charge is 0.226 e. The maximum absolute atomic E-state index is 10.7. The number of imidazole rings is 1. The molecule has 2 aliphatic rings. The van der Waals surface area contributed by atoms with E-state index in [1.807, 2.05) is 6.92 Å². The highest BCUT2D eigenvalue weighted by Crippen LogP contribution is 2.39. The van der Waals surface area contributed by atoms with Gasteiger partial charge in [0.1, 0.15) is 24.3 Å². The van der Waals surface area contributed by atoms with Gasteiger partial charge in [0.15, 0.2) is 29.3 Å². The lowest BCUT2D eigenvalue weighted by Gasteiger charge is -2.26. The molecule has 0 unspecified atom stereocenters. The number of aliphatic hydroxyl groups is 3. The maximum atomic E-state index is 10.7. The molecule has 3 aromatic rings. The Morgan fingerprint density at radius 1 is 1.06 bits per heavy atom. The van der Waals surface area contributed by atoms with Crippen molar-refractivity contribution >= 4 is 17.0 Å². The van der Waals surface area contributed by atoms with E-state index in [1.165, 1.54) is 12.7 Å². The Hall–Kier alpha value is -2.60. The van der Waals surface area contributed by atoms with Gasteiger partial charge in [-0.3, -0.25) is 4.57 Å². The van der Waals surface area contributed by atoms with E-state index in [9.17, 15) is 15.3 Å². The Labute approximate surface area is 178 Å². The van der Waals surface area contributed by atoms with Gasteiger partial charge in [-0.05, 0) is 25.7 Å². The van der Waals surface area contributed by atoms with Gasteiger partial charge in [0, 0.05) is 12.5 Å². The molecule has 166 valence electrons. The quantitative estimate of drug-likeness (QED) is 0.463. The van der Waals surface area contributed by atoms with Gasteiger partial charge >= 0.3 is 0 Å². The number of nitrogens with one attached hydrogen (secondary N) is 1. The zero-order valence-electron chi connectivity index (χ0n) is 17.1. The number of aryl methyl sites for hydroxylation is 1. The Morgan fingerprint density at radius 2 is 1.87 bits per heavy atom. The number of ether oxygens (including phenoxy) is 1. The summed E-state index contributed by atoms with van der Waals surface area (Å²) in [6.45, 7) is 1.94. The zero-order valence-corrected chi connectivity index (χ0v) is 17.1. The lowest BCUT2D eigenvalue weighted by molar-refractivity contribution is -0.0439. The van der Waals surface area contributed by atoms with Gasteiger partial charge in [-0.25, -0.2) is 19.9 Å². The van der Waals surface area contributed by atoms with Crippen LogP contribution in [0.5, 0.6) is 0 Å². The van der Waals surface area contributed by atoms with E-state index in [-0.39, 0.29) is 18.0 Å². The summed E-state index contributed by atoms with van der Waals surface area (Å²) in [7, 11) is 0. The number of hydrogen-bond donors (Lipinski definition) is 4. The van der Waals surface area contributed by atoms with Gasteiger partial charge in [0.05, 0.1) is 18.6 Å². The molecule has 4 heterocycles. The normalized spacial score (nSPS) is 31.4. The minimum atomic E-state index is -1.22. The predicted molar refractivity (Wildman–Crippen MR) is 108 cm³/mol.